The molecule has 1 amide bonds. The molecule has 0 saturated heterocycles. The molecule has 0 aliphatic heterocycles. The number of allylic oxidation sites excluding steroid dienone is 2. The predicted molar refractivity (Wildman–Crippen MR) is 60.7 cm³/mol. The minimum atomic E-state index is -0.594. The summed E-state index contributed by atoms with van der Waals surface area (Å²) in [5.74, 6) is 1.41. The summed E-state index contributed by atoms with van der Waals surface area (Å²) in [6, 6.07) is 0. The van der Waals surface area contributed by atoms with Gasteiger partial charge in [0.15, 0.2) is 0 Å². The maximum Gasteiger partial charge on any atom is 0.223 e. The van der Waals surface area contributed by atoms with Crippen LogP contribution in [0.3, 0.4) is 0 Å². The molecule has 2 N–H and O–H groups in total. The van der Waals surface area contributed by atoms with Gasteiger partial charge in [-0.25, -0.2) is 0 Å². The number of hydrogen-bond donors (Lipinski definition) is 2. The Morgan fingerprint density at radius 2 is 2.19 bits per heavy atom. The number of aliphatic hydroxyl groups is 1. The second kappa shape index (κ2) is 3.59. The molecule has 2 bridgehead atoms. The Labute approximate surface area is 95.9 Å². The molecule has 3 rings (SSSR count). The fourth-order valence-corrected chi connectivity index (χ4v) is 3.23. The van der Waals surface area contributed by atoms with Gasteiger partial charge in [-0.2, -0.15) is 0 Å². The highest BCUT2D eigenvalue weighted by Crippen LogP contribution is 2.43. The summed E-state index contributed by atoms with van der Waals surface area (Å²) < 4.78 is 0. The minimum Gasteiger partial charge on any atom is -0.388 e. The Morgan fingerprint density at radius 3 is 2.69 bits per heavy atom. The van der Waals surface area contributed by atoms with Crippen LogP contribution in [0.4, 0.5) is 0 Å². The van der Waals surface area contributed by atoms with Crippen LogP contribution in [0, 0.1) is 17.8 Å². The van der Waals surface area contributed by atoms with Crippen LogP contribution in [0.1, 0.15) is 32.1 Å². The lowest BCUT2D eigenvalue weighted by Crippen LogP contribution is -2.49. The van der Waals surface area contributed by atoms with E-state index < -0.39 is 5.60 Å². The van der Waals surface area contributed by atoms with Crippen LogP contribution in [0.25, 0.3) is 0 Å². The van der Waals surface area contributed by atoms with Crippen LogP contribution in [0.5, 0.6) is 0 Å². The van der Waals surface area contributed by atoms with E-state index in [4.69, 9.17) is 0 Å². The number of fused-ring (bicyclic) bond motifs is 2. The van der Waals surface area contributed by atoms with Crippen LogP contribution in [0.15, 0.2) is 12.2 Å². The van der Waals surface area contributed by atoms with Crippen molar-refractivity contribution in [1.82, 2.24) is 5.32 Å². The molecule has 0 aromatic carbocycles. The Kier molecular flexibility index (Phi) is 2.32. The molecule has 0 heterocycles. The highest BCUT2D eigenvalue weighted by atomic mass is 16.3. The summed E-state index contributed by atoms with van der Waals surface area (Å²) in [5.41, 5.74) is -0.594. The second-order valence-electron chi connectivity index (χ2n) is 5.68. The molecule has 88 valence electrons. The number of rotatable bonds is 3. The van der Waals surface area contributed by atoms with E-state index in [0.717, 1.165) is 32.1 Å². The van der Waals surface area contributed by atoms with Gasteiger partial charge < -0.3 is 10.4 Å². The Hall–Kier alpha value is -0.830. The van der Waals surface area contributed by atoms with Gasteiger partial charge in [-0.15, -0.1) is 0 Å². The SMILES string of the molecule is O=C(NCC1(O)CCC1)C1CC2C=CC1C2. The third-order valence-corrected chi connectivity index (χ3v) is 4.49. The molecule has 0 spiro atoms. The molecule has 0 aromatic heterocycles. The number of nitrogens with one attached hydrogen (secondary N) is 1. The largest absolute Gasteiger partial charge is 0.388 e. The monoisotopic (exact) mass is 221 g/mol. The summed E-state index contributed by atoms with van der Waals surface area (Å²) >= 11 is 0. The fraction of sp³-hybridized carbons (Fsp3) is 0.769. The zero-order chi connectivity index (χ0) is 11.2. The number of carbonyl (C=O) groups is 1. The Bertz CT molecular complexity index is 333. The molecule has 0 radical (unpaired) electrons. The van der Waals surface area contributed by atoms with E-state index in [0.29, 0.717) is 18.4 Å². The van der Waals surface area contributed by atoms with E-state index in [-0.39, 0.29) is 11.8 Å². The van der Waals surface area contributed by atoms with Crippen molar-refractivity contribution in [1.29, 1.82) is 0 Å². The van der Waals surface area contributed by atoms with Crippen molar-refractivity contribution in [3.8, 4) is 0 Å². The van der Waals surface area contributed by atoms with Crippen molar-refractivity contribution >= 4 is 5.91 Å². The number of hydrogen-bond acceptors (Lipinski definition) is 2. The zero-order valence-electron chi connectivity index (χ0n) is 9.48. The number of carbonyl (C=O) groups excluding carboxylic acids is 1. The first-order valence-electron chi connectivity index (χ1n) is 6.35. The van der Waals surface area contributed by atoms with E-state index >= 15 is 0 Å². The number of amides is 1. The first-order chi connectivity index (χ1) is 7.66. The summed E-state index contributed by atoms with van der Waals surface area (Å²) in [7, 11) is 0. The van der Waals surface area contributed by atoms with Gasteiger partial charge in [0.2, 0.25) is 5.91 Å². The molecule has 3 aliphatic rings. The zero-order valence-corrected chi connectivity index (χ0v) is 9.48. The summed E-state index contributed by atoms with van der Waals surface area (Å²) in [6.45, 7) is 0.448. The molecule has 3 aliphatic carbocycles. The smallest absolute Gasteiger partial charge is 0.223 e. The first kappa shape index (κ1) is 10.3. The van der Waals surface area contributed by atoms with E-state index in [1.54, 1.807) is 0 Å². The quantitative estimate of drug-likeness (QED) is 0.704. The third-order valence-electron chi connectivity index (χ3n) is 4.49. The van der Waals surface area contributed by atoms with Crippen molar-refractivity contribution in [2.45, 2.75) is 37.7 Å². The van der Waals surface area contributed by atoms with Gasteiger partial charge in [0.1, 0.15) is 0 Å². The molecule has 3 heteroatoms. The van der Waals surface area contributed by atoms with Crippen molar-refractivity contribution in [3.05, 3.63) is 12.2 Å². The lowest BCUT2D eigenvalue weighted by molar-refractivity contribution is -0.128. The van der Waals surface area contributed by atoms with Gasteiger partial charge in [-0.3, -0.25) is 4.79 Å². The molecule has 3 nitrogen and oxygen atoms in total. The summed E-state index contributed by atoms with van der Waals surface area (Å²) in [6.07, 6.45) is 9.36. The molecule has 0 aromatic rings. The van der Waals surface area contributed by atoms with Gasteiger partial charge in [0, 0.05) is 12.5 Å². The maximum atomic E-state index is 12.0. The van der Waals surface area contributed by atoms with Crippen LogP contribution in [-0.2, 0) is 4.79 Å². The summed E-state index contributed by atoms with van der Waals surface area (Å²) in [4.78, 5) is 12.0. The third kappa shape index (κ3) is 1.67. The molecule has 3 atom stereocenters. The fourth-order valence-electron chi connectivity index (χ4n) is 3.23. The van der Waals surface area contributed by atoms with E-state index in [9.17, 15) is 9.90 Å². The Morgan fingerprint density at radius 1 is 1.38 bits per heavy atom. The van der Waals surface area contributed by atoms with Gasteiger partial charge in [-0.05, 0) is 43.9 Å². The lowest BCUT2D eigenvalue weighted by Gasteiger charge is -2.37. The van der Waals surface area contributed by atoms with Gasteiger partial charge in [-0.1, -0.05) is 12.2 Å². The average Bonchev–Trinajstić information content (AvgIpc) is 2.84. The molecule has 2 saturated carbocycles. The second-order valence-corrected chi connectivity index (χ2v) is 5.68. The van der Waals surface area contributed by atoms with Crippen molar-refractivity contribution in [2.24, 2.45) is 17.8 Å². The van der Waals surface area contributed by atoms with Crippen molar-refractivity contribution in [3.63, 3.8) is 0 Å². The lowest BCUT2D eigenvalue weighted by atomic mass is 9.80. The van der Waals surface area contributed by atoms with E-state index in [1.165, 1.54) is 0 Å². The van der Waals surface area contributed by atoms with Crippen LogP contribution < -0.4 is 5.32 Å². The van der Waals surface area contributed by atoms with Crippen LogP contribution in [0.2, 0.25) is 0 Å². The highest BCUT2D eigenvalue weighted by molar-refractivity contribution is 5.80. The topological polar surface area (TPSA) is 49.3 Å². The minimum absolute atomic E-state index is 0.150. The van der Waals surface area contributed by atoms with E-state index in [2.05, 4.69) is 17.5 Å². The van der Waals surface area contributed by atoms with Crippen LogP contribution in [-0.4, -0.2) is 23.2 Å². The van der Waals surface area contributed by atoms with Crippen molar-refractivity contribution < 1.29 is 9.90 Å². The molecule has 16 heavy (non-hydrogen) atoms. The molecule has 3 unspecified atom stereocenters. The average molecular weight is 221 g/mol. The molecule has 2 fully saturated rings. The molecular weight excluding hydrogens is 202 g/mol. The summed E-state index contributed by atoms with van der Waals surface area (Å²) in [5, 5.41) is 12.8. The van der Waals surface area contributed by atoms with Gasteiger partial charge in [0.05, 0.1) is 5.60 Å². The predicted octanol–water partition coefficient (Wildman–Crippen LogP) is 1.23. The molecular formula is C13H19NO2. The maximum absolute atomic E-state index is 12.0. The Balaban J connectivity index is 1.52. The first-order valence-corrected chi connectivity index (χ1v) is 6.35. The van der Waals surface area contributed by atoms with Gasteiger partial charge >= 0.3 is 0 Å². The standard InChI is InChI=1S/C13H19NO2/c15-12(14-8-13(16)4-1-5-13)11-7-9-2-3-10(11)6-9/h2-3,9-11,16H,1,4-8H2,(H,14,15). The highest BCUT2D eigenvalue weighted by Gasteiger charge is 2.41. The normalized spacial score (nSPS) is 38.4. The van der Waals surface area contributed by atoms with E-state index in [1.807, 2.05) is 0 Å². The van der Waals surface area contributed by atoms with Gasteiger partial charge in [0.25, 0.3) is 0 Å². The van der Waals surface area contributed by atoms with Crippen LogP contribution >= 0.6 is 0 Å². The van der Waals surface area contributed by atoms with Crippen molar-refractivity contribution in [2.75, 3.05) is 6.54 Å².